The summed E-state index contributed by atoms with van der Waals surface area (Å²) in [6.45, 7) is 4.47. The summed E-state index contributed by atoms with van der Waals surface area (Å²) in [5.41, 5.74) is 7.59. The van der Waals surface area contributed by atoms with E-state index >= 15 is 0 Å². The fourth-order valence-electron chi connectivity index (χ4n) is 1.89. The molecule has 1 nitrogen and oxygen atoms in total. The van der Waals surface area contributed by atoms with Crippen molar-refractivity contribution in [1.29, 1.82) is 0 Å². The molecule has 1 aromatic rings. The second-order valence-electron chi connectivity index (χ2n) is 4.01. The zero-order valence-electron chi connectivity index (χ0n) is 9.50. The summed E-state index contributed by atoms with van der Waals surface area (Å²) < 4.78 is 1.18. The molecule has 0 radical (unpaired) electrons. The van der Waals surface area contributed by atoms with Crippen molar-refractivity contribution in [3.05, 3.63) is 20.8 Å². The summed E-state index contributed by atoms with van der Waals surface area (Å²) in [4.78, 5) is 0. The normalized spacial score (nSPS) is 15.2. The van der Waals surface area contributed by atoms with Gasteiger partial charge in [0.2, 0.25) is 0 Å². The van der Waals surface area contributed by atoms with E-state index in [1.54, 1.807) is 11.3 Å². The SMILES string of the molecule is CCCCC(CC)C(N)c1cscc1Br. The Morgan fingerprint density at radius 3 is 2.60 bits per heavy atom. The number of hydrogen-bond acceptors (Lipinski definition) is 2. The van der Waals surface area contributed by atoms with Gasteiger partial charge in [-0.1, -0.05) is 33.1 Å². The monoisotopic (exact) mass is 289 g/mol. The minimum Gasteiger partial charge on any atom is -0.324 e. The Hall–Kier alpha value is 0.140. The Morgan fingerprint density at radius 1 is 1.40 bits per heavy atom. The van der Waals surface area contributed by atoms with Crippen molar-refractivity contribution in [3.8, 4) is 0 Å². The molecular formula is C12H20BrNS. The molecule has 1 heterocycles. The smallest absolute Gasteiger partial charge is 0.0342 e. The van der Waals surface area contributed by atoms with Crippen LogP contribution in [-0.4, -0.2) is 0 Å². The van der Waals surface area contributed by atoms with Gasteiger partial charge in [0.05, 0.1) is 0 Å². The number of hydrogen-bond donors (Lipinski definition) is 1. The van der Waals surface area contributed by atoms with Crippen LogP contribution < -0.4 is 5.73 Å². The van der Waals surface area contributed by atoms with Crippen molar-refractivity contribution in [2.24, 2.45) is 11.7 Å². The lowest BCUT2D eigenvalue weighted by Crippen LogP contribution is -2.20. The lowest BCUT2D eigenvalue weighted by Gasteiger charge is -2.22. The fourth-order valence-corrected chi connectivity index (χ4v) is 3.50. The zero-order valence-corrected chi connectivity index (χ0v) is 11.9. The first kappa shape index (κ1) is 13.2. The standard InChI is InChI=1S/C12H20BrNS/c1-3-5-6-9(4-2)12(14)10-7-15-8-11(10)13/h7-9,12H,3-6,14H2,1-2H3. The second-order valence-corrected chi connectivity index (χ2v) is 5.61. The van der Waals surface area contributed by atoms with Crippen LogP contribution in [0, 0.1) is 5.92 Å². The molecule has 0 amide bonds. The van der Waals surface area contributed by atoms with E-state index in [1.165, 1.54) is 35.7 Å². The predicted molar refractivity (Wildman–Crippen MR) is 72.3 cm³/mol. The molecule has 1 rings (SSSR count). The average Bonchev–Trinajstić information content (AvgIpc) is 2.65. The van der Waals surface area contributed by atoms with Crippen LogP contribution >= 0.6 is 27.3 Å². The number of rotatable bonds is 6. The van der Waals surface area contributed by atoms with Crippen molar-refractivity contribution in [3.63, 3.8) is 0 Å². The molecule has 0 aliphatic carbocycles. The molecule has 86 valence electrons. The van der Waals surface area contributed by atoms with Crippen LogP contribution in [0.5, 0.6) is 0 Å². The van der Waals surface area contributed by atoms with Gasteiger partial charge in [-0.05, 0) is 39.2 Å². The van der Waals surface area contributed by atoms with Crippen LogP contribution in [0.2, 0.25) is 0 Å². The third-order valence-corrected chi connectivity index (χ3v) is 4.71. The lowest BCUT2D eigenvalue weighted by atomic mass is 9.89. The van der Waals surface area contributed by atoms with Gasteiger partial charge in [-0.25, -0.2) is 0 Å². The highest BCUT2D eigenvalue weighted by atomic mass is 79.9. The van der Waals surface area contributed by atoms with Gasteiger partial charge in [0.1, 0.15) is 0 Å². The molecule has 15 heavy (non-hydrogen) atoms. The van der Waals surface area contributed by atoms with Crippen LogP contribution in [0.1, 0.15) is 51.1 Å². The number of unbranched alkanes of at least 4 members (excludes halogenated alkanes) is 1. The molecule has 0 bridgehead atoms. The summed E-state index contributed by atoms with van der Waals surface area (Å²) >= 11 is 5.28. The maximum Gasteiger partial charge on any atom is 0.0342 e. The summed E-state index contributed by atoms with van der Waals surface area (Å²) in [5, 5.41) is 4.28. The van der Waals surface area contributed by atoms with Crippen molar-refractivity contribution in [1.82, 2.24) is 0 Å². The molecular weight excluding hydrogens is 270 g/mol. The van der Waals surface area contributed by atoms with Gasteiger partial charge in [0, 0.05) is 15.9 Å². The molecule has 0 aliphatic rings. The molecule has 3 heteroatoms. The predicted octanol–water partition coefficient (Wildman–Crippen LogP) is 4.73. The number of nitrogens with two attached hydrogens (primary N) is 1. The van der Waals surface area contributed by atoms with Gasteiger partial charge in [-0.2, -0.15) is 11.3 Å². The number of halogens is 1. The number of thiophene rings is 1. The minimum absolute atomic E-state index is 0.196. The van der Waals surface area contributed by atoms with Gasteiger partial charge >= 0.3 is 0 Å². The van der Waals surface area contributed by atoms with E-state index in [1.807, 2.05) is 0 Å². The molecule has 2 unspecified atom stereocenters. The molecule has 0 spiro atoms. The topological polar surface area (TPSA) is 26.0 Å². The Bertz CT molecular complexity index is 285. The van der Waals surface area contributed by atoms with Crippen LogP contribution in [-0.2, 0) is 0 Å². The van der Waals surface area contributed by atoms with Crippen LogP contribution in [0.15, 0.2) is 15.2 Å². The van der Waals surface area contributed by atoms with Crippen molar-refractivity contribution in [2.75, 3.05) is 0 Å². The first-order valence-corrected chi connectivity index (χ1v) is 7.41. The van der Waals surface area contributed by atoms with Crippen LogP contribution in [0.25, 0.3) is 0 Å². The minimum atomic E-state index is 0.196. The summed E-state index contributed by atoms with van der Waals surface area (Å²) in [6, 6.07) is 0.196. The highest BCUT2D eigenvalue weighted by Crippen LogP contribution is 2.33. The maximum atomic E-state index is 6.31. The van der Waals surface area contributed by atoms with Gasteiger partial charge in [0.15, 0.2) is 0 Å². The van der Waals surface area contributed by atoms with E-state index in [4.69, 9.17) is 5.73 Å². The Morgan fingerprint density at radius 2 is 2.13 bits per heavy atom. The first-order chi connectivity index (χ1) is 7.20. The molecule has 2 atom stereocenters. The quantitative estimate of drug-likeness (QED) is 0.805. The van der Waals surface area contributed by atoms with Gasteiger partial charge < -0.3 is 5.73 Å². The molecule has 0 saturated carbocycles. The lowest BCUT2D eigenvalue weighted by molar-refractivity contribution is 0.378. The Labute approximate surface area is 105 Å². The van der Waals surface area contributed by atoms with Gasteiger partial charge in [0.25, 0.3) is 0 Å². The van der Waals surface area contributed by atoms with E-state index in [-0.39, 0.29) is 6.04 Å². The molecule has 2 N–H and O–H groups in total. The highest BCUT2D eigenvalue weighted by Gasteiger charge is 2.19. The third kappa shape index (κ3) is 3.58. The molecule has 0 aliphatic heterocycles. The molecule has 0 aromatic carbocycles. The van der Waals surface area contributed by atoms with Crippen LogP contribution in [0.3, 0.4) is 0 Å². The third-order valence-electron chi connectivity index (χ3n) is 2.96. The molecule has 0 saturated heterocycles. The van der Waals surface area contributed by atoms with E-state index in [2.05, 4.69) is 40.5 Å². The zero-order chi connectivity index (χ0) is 11.3. The van der Waals surface area contributed by atoms with Crippen molar-refractivity contribution in [2.45, 2.75) is 45.6 Å². The second kappa shape index (κ2) is 6.66. The maximum absolute atomic E-state index is 6.31. The summed E-state index contributed by atoms with van der Waals surface area (Å²) in [7, 11) is 0. The average molecular weight is 290 g/mol. The Kier molecular flexibility index (Phi) is 5.87. The summed E-state index contributed by atoms with van der Waals surface area (Å²) in [5.74, 6) is 0.621. The van der Waals surface area contributed by atoms with Gasteiger partial charge in [-0.3, -0.25) is 0 Å². The highest BCUT2D eigenvalue weighted by molar-refractivity contribution is 9.10. The van der Waals surface area contributed by atoms with E-state index in [9.17, 15) is 0 Å². The van der Waals surface area contributed by atoms with E-state index < -0.39 is 0 Å². The van der Waals surface area contributed by atoms with E-state index in [0.29, 0.717) is 5.92 Å². The fraction of sp³-hybridized carbons (Fsp3) is 0.667. The van der Waals surface area contributed by atoms with E-state index in [0.717, 1.165) is 0 Å². The molecule has 0 fully saturated rings. The largest absolute Gasteiger partial charge is 0.324 e. The van der Waals surface area contributed by atoms with Crippen LogP contribution in [0.4, 0.5) is 0 Å². The van der Waals surface area contributed by atoms with Crippen molar-refractivity contribution < 1.29 is 0 Å². The Balaban J connectivity index is 2.64. The van der Waals surface area contributed by atoms with Crippen molar-refractivity contribution >= 4 is 27.3 Å². The summed E-state index contributed by atoms with van der Waals surface area (Å²) in [6.07, 6.45) is 4.96. The first-order valence-electron chi connectivity index (χ1n) is 5.67. The molecule has 1 aromatic heterocycles. The van der Waals surface area contributed by atoms with Gasteiger partial charge in [-0.15, -0.1) is 0 Å².